The number of aliphatic hydroxyl groups is 3. The third kappa shape index (κ3) is 7.29. The quantitative estimate of drug-likeness (QED) is 0.113. The molecule has 1 aliphatic rings. The largest absolute Gasteiger partial charge is 0.412 e. The van der Waals surface area contributed by atoms with E-state index in [-0.39, 0.29) is 30.1 Å². The predicted octanol–water partition coefficient (Wildman–Crippen LogP) is -0.845. The summed E-state index contributed by atoms with van der Waals surface area (Å²) in [7, 11) is 0. The number of benzene rings is 2. The van der Waals surface area contributed by atoms with Crippen molar-refractivity contribution in [1.82, 2.24) is 24.8 Å². The Hall–Kier alpha value is -4.51. The lowest BCUT2D eigenvalue weighted by Gasteiger charge is -2.16. The van der Waals surface area contributed by atoms with Crippen LogP contribution in [-0.2, 0) is 27.2 Å². The Kier molecular flexibility index (Phi) is 10.3. The van der Waals surface area contributed by atoms with Crippen molar-refractivity contribution in [1.29, 1.82) is 0 Å². The normalized spacial score (nSPS) is 19.5. The number of ether oxygens (including phenoxy) is 1. The zero-order valence-corrected chi connectivity index (χ0v) is 23.1. The van der Waals surface area contributed by atoms with Crippen LogP contribution < -0.4 is 21.7 Å². The van der Waals surface area contributed by atoms with Crippen LogP contribution in [0, 0.1) is 0 Å². The molecule has 0 spiro atoms. The van der Waals surface area contributed by atoms with Gasteiger partial charge in [-0.15, -0.1) is 0 Å². The minimum Gasteiger partial charge on any atom is -0.412 e. The van der Waals surface area contributed by atoms with Gasteiger partial charge in [0.05, 0.1) is 25.8 Å². The number of nitrogens with one attached hydrogen (secondary N) is 3. The molecular weight excluding hydrogens is 560 g/mol. The Morgan fingerprint density at radius 1 is 0.907 bits per heavy atom. The first-order chi connectivity index (χ1) is 20.4. The summed E-state index contributed by atoms with van der Waals surface area (Å²) in [6.45, 7) is 0.379. The molecule has 2 aromatic carbocycles. The lowest BCUT2D eigenvalue weighted by molar-refractivity contribution is -0.120. The summed E-state index contributed by atoms with van der Waals surface area (Å²) in [5.74, 6) is 0.124. The van der Waals surface area contributed by atoms with Crippen LogP contribution in [0.3, 0.4) is 0 Å². The molecular formula is C28H34N8O7. The van der Waals surface area contributed by atoms with Gasteiger partial charge in [-0.3, -0.25) is 14.2 Å². The van der Waals surface area contributed by atoms with Crippen molar-refractivity contribution in [3.8, 4) is 0 Å². The third-order valence-electron chi connectivity index (χ3n) is 6.80. The number of carbonyl (C=O) groups is 2. The van der Waals surface area contributed by atoms with Crippen LogP contribution in [0.15, 0.2) is 61.2 Å². The number of aromatic nitrogens is 4. The van der Waals surface area contributed by atoms with Gasteiger partial charge >= 0.3 is 0 Å². The number of hydrogen-bond donors (Lipinski definition) is 7. The highest BCUT2D eigenvalue weighted by Gasteiger charge is 2.44. The molecule has 1 fully saturated rings. The van der Waals surface area contributed by atoms with Crippen molar-refractivity contribution in [3.63, 3.8) is 0 Å². The van der Waals surface area contributed by atoms with E-state index in [1.165, 1.54) is 17.2 Å². The minimum atomic E-state index is -1.27. The maximum absolute atomic E-state index is 12.6. The molecule has 0 saturated carbocycles. The van der Waals surface area contributed by atoms with Gasteiger partial charge < -0.3 is 47.2 Å². The third-order valence-corrected chi connectivity index (χ3v) is 6.80. The minimum absolute atomic E-state index is 0. The number of anilines is 3. The Balaban J connectivity index is 0.00000423. The van der Waals surface area contributed by atoms with Crippen molar-refractivity contribution in [2.45, 2.75) is 37.4 Å². The number of imidazole rings is 1. The topological polar surface area (TPSA) is 241 Å². The zero-order valence-electron chi connectivity index (χ0n) is 23.1. The van der Waals surface area contributed by atoms with E-state index in [1.807, 2.05) is 24.3 Å². The molecule has 228 valence electrons. The molecule has 10 N–H and O–H groups in total. The van der Waals surface area contributed by atoms with Gasteiger partial charge in [0.25, 0.3) is 0 Å². The first-order valence-electron chi connectivity index (χ1n) is 13.4. The Morgan fingerprint density at radius 3 is 2.19 bits per heavy atom. The average Bonchev–Trinajstić information content (AvgIpc) is 3.54. The Labute approximate surface area is 246 Å². The number of rotatable bonds is 11. The van der Waals surface area contributed by atoms with Crippen LogP contribution in [-0.4, -0.2) is 90.1 Å². The van der Waals surface area contributed by atoms with Crippen molar-refractivity contribution in [2.24, 2.45) is 5.73 Å². The van der Waals surface area contributed by atoms with Crippen LogP contribution in [0.25, 0.3) is 11.2 Å². The summed E-state index contributed by atoms with van der Waals surface area (Å²) >= 11 is 0. The number of carbonyl (C=O) groups excluding carboxylic acids is 2. The van der Waals surface area contributed by atoms with E-state index >= 15 is 0 Å². The summed E-state index contributed by atoms with van der Waals surface area (Å²) < 4.78 is 7.09. The molecule has 0 unspecified atom stereocenters. The van der Waals surface area contributed by atoms with Crippen LogP contribution >= 0.6 is 0 Å². The van der Waals surface area contributed by atoms with Gasteiger partial charge in [-0.1, -0.05) is 24.3 Å². The molecule has 3 heterocycles. The van der Waals surface area contributed by atoms with Gasteiger partial charge in [0.15, 0.2) is 23.2 Å². The van der Waals surface area contributed by atoms with Gasteiger partial charge in [0.2, 0.25) is 11.8 Å². The molecule has 4 atom stereocenters. The van der Waals surface area contributed by atoms with Crippen LogP contribution in [0.2, 0.25) is 0 Å². The van der Waals surface area contributed by atoms with E-state index < -0.39 is 31.1 Å². The highest BCUT2D eigenvalue weighted by Crippen LogP contribution is 2.32. The van der Waals surface area contributed by atoms with Crippen molar-refractivity contribution in [2.75, 3.05) is 30.3 Å². The van der Waals surface area contributed by atoms with Gasteiger partial charge in [-0.2, -0.15) is 0 Å². The smallest absolute Gasteiger partial charge is 0.228 e. The fraction of sp³-hybridized carbons (Fsp3) is 0.321. The Morgan fingerprint density at radius 2 is 1.56 bits per heavy atom. The molecule has 15 nitrogen and oxygen atoms in total. The van der Waals surface area contributed by atoms with Gasteiger partial charge in [-0.25, -0.2) is 15.0 Å². The number of nitrogens with two attached hydrogens (primary N) is 1. The standard InChI is InChI=1S/C28H32N8O6.H2O/c29-9-10-30-21(38)11-16-1-5-18(6-2-16)34-22(39)12-17-3-7-19(8-4-17)35-26-23-27(32-14-31-26)36(15-33-23)28-25(41)24(40)20(13-37)42-28;/h1-8,14-15,20,24-25,28,37,40-41H,9-13,29H2,(H,30,38)(H,34,39)(H,31,32,35);1H2/t20-,24-,25-,28-;/m1./s1. The maximum Gasteiger partial charge on any atom is 0.228 e. The molecule has 15 heteroatoms. The average molecular weight is 595 g/mol. The summed E-state index contributed by atoms with van der Waals surface area (Å²) in [5.41, 5.74) is 9.15. The number of amides is 2. The van der Waals surface area contributed by atoms with Gasteiger partial charge in [-0.05, 0) is 35.4 Å². The highest BCUT2D eigenvalue weighted by atomic mass is 16.6. The molecule has 0 aliphatic carbocycles. The first kappa shape index (κ1) is 31.4. The van der Waals surface area contributed by atoms with Gasteiger partial charge in [0, 0.05) is 24.5 Å². The molecule has 2 aromatic heterocycles. The lowest BCUT2D eigenvalue weighted by Crippen LogP contribution is -2.33. The fourth-order valence-electron chi connectivity index (χ4n) is 4.64. The first-order valence-corrected chi connectivity index (χ1v) is 13.4. The molecule has 4 aromatic rings. The molecule has 1 aliphatic heterocycles. The number of fused-ring (bicyclic) bond motifs is 1. The second-order valence-electron chi connectivity index (χ2n) is 9.83. The van der Waals surface area contributed by atoms with E-state index in [0.29, 0.717) is 41.4 Å². The summed E-state index contributed by atoms with van der Waals surface area (Å²) in [6, 6.07) is 14.4. The second kappa shape index (κ2) is 14.1. The molecule has 0 bridgehead atoms. The zero-order chi connectivity index (χ0) is 29.6. The van der Waals surface area contributed by atoms with E-state index in [4.69, 9.17) is 10.5 Å². The number of hydrogen-bond acceptors (Lipinski definition) is 11. The summed E-state index contributed by atoms with van der Waals surface area (Å²) in [4.78, 5) is 37.3. The van der Waals surface area contributed by atoms with Crippen LogP contribution in [0.1, 0.15) is 17.4 Å². The summed E-state index contributed by atoms with van der Waals surface area (Å²) in [6.07, 6.45) is -1.23. The van der Waals surface area contributed by atoms with E-state index in [1.54, 1.807) is 24.3 Å². The van der Waals surface area contributed by atoms with Gasteiger partial charge in [0.1, 0.15) is 24.6 Å². The predicted molar refractivity (Wildman–Crippen MR) is 156 cm³/mol. The second-order valence-corrected chi connectivity index (χ2v) is 9.83. The highest BCUT2D eigenvalue weighted by molar-refractivity contribution is 5.92. The van der Waals surface area contributed by atoms with E-state index in [0.717, 1.165) is 11.1 Å². The number of nitrogens with zero attached hydrogens (tertiary/aromatic N) is 4. The van der Waals surface area contributed by atoms with E-state index in [9.17, 15) is 24.9 Å². The number of aliphatic hydroxyl groups excluding tert-OH is 3. The molecule has 1 saturated heterocycles. The summed E-state index contributed by atoms with van der Waals surface area (Å²) in [5, 5.41) is 38.6. The SMILES string of the molecule is NCCNC(=O)Cc1ccc(NC(=O)Cc2ccc(Nc3ncnc4c3ncn4[C@@H]3O[C@H](CO)[C@@H](O)[C@H]3O)cc2)cc1.O. The van der Waals surface area contributed by atoms with E-state index in [2.05, 4.69) is 30.9 Å². The molecule has 2 amide bonds. The monoisotopic (exact) mass is 594 g/mol. The van der Waals surface area contributed by atoms with Crippen LogP contribution in [0.4, 0.5) is 17.2 Å². The molecule has 43 heavy (non-hydrogen) atoms. The Bertz CT molecular complexity index is 1530. The van der Waals surface area contributed by atoms with Crippen LogP contribution in [0.5, 0.6) is 0 Å². The molecule has 5 rings (SSSR count). The van der Waals surface area contributed by atoms with Crippen molar-refractivity contribution >= 4 is 40.2 Å². The molecule has 0 radical (unpaired) electrons. The lowest BCUT2D eigenvalue weighted by atomic mass is 10.1. The van der Waals surface area contributed by atoms with Crippen molar-refractivity contribution in [3.05, 3.63) is 72.3 Å². The maximum atomic E-state index is 12.6. The fourth-order valence-corrected chi connectivity index (χ4v) is 4.64. The van der Waals surface area contributed by atoms with Crippen molar-refractivity contribution < 1.29 is 35.1 Å².